The van der Waals surface area contributed by atoms with Crippen molar-refractivity contribution in [3.05, 3.63) is 102 Å². The molecule has 2 aliphatic rings. The summed E-state index contributed by atoms with van der Waals surface area (Å²) in [5.74, 6) is -1.21. The van der Waals surface area contributed by atoms with Gasteiger partial charge in [-0.15, -0.1) is 0 Å². The molecule has 3 aromatic carbocycles. The molecule has 2 N–H and O–H groups in total. The number of rotatable bonds is 12. The van der Waals surface area contributed by atoms with E-state index in [9.17, 15) is 19.2 Å². The fourth-order valence-electron chi connectivity index (χ4n) is 9.62. The van der Waals surface area contributed by atoms with Gasteiger partial charge in [-0.2, -0.15) is 4.99 Å². The van der Waals surface area contributed by atoms with Crippen LogP contribution in [0.3, 0.4) is 0 Å². The number of fused-ring (bicyclic) bond motifs is 6. The van der Waals surface area contributed by atoms with Gasteiger partial charge in [-0.05, 0) is 123 Å². The Hall–Kier alpha value is -6.63. The van der Waals surface area contributed by atoms with Crippen LogP contribution in [0.25, 0.3) is 33.3 Å². The molecule has 3 atom stereocenters. The number of carbonyl (C=O) groups excluding carboxylic acids is 4. The minimum Gasteiger partial charge on any atom is -0.497 e. The van der Waals surface area contributed by atoms with Crippen molar-refractivity contribution < 1.29 is 28.7 Å². The van der Waals surface area contributed by atoms with E-state index in [0.717, 1.165) is 51.8 Å². The molecule has 69 heavy (non-hydrogen) atoms. The molecule has 4 heterocycles. The van der Waals surface area contributed by atoms with Gasteiger partial charge in [-0.25, -0.2) is 10.4 Å². The summed E-state index contributed by atoms with van der Waals surface area (Å²) in [4.78, 5) is 72.0. The number of cyclic esters (lactones) is 1. The van der Waals surface area contributed by atoms with E-state index in [2.05, 4.69) is 100 Å². The minimum absolute atomic E-state index is 0.0202. The zero-order valence-electron chi connectivity index (χ0n) is 41.9. The normalized spacial score (nSPS) is 17.9. The number of aryl methyl sites for hydroxylation is 2. The number of ether oxygens (including phenoxy) is 2. The molecule has 7 rings (SSSR count). The van der Waals surface area contributed by atoms with Gasteiger partial charge in [0.25, 0.3) is 5.91 Å². The van der Waals surface area contributed by atoms with Crippen LogP contribution in [0.4, 0.5) is 5.69 Å². The van der Waals surface area contributed by atoms with E-state index in [4.69, 9.17) is 9.47 Å². The summed E-state index contributed by atoms with van der Waals surface area (Å²) in [6.07, 6.45) is 6.47. The molecule has 6 bridgehead atoms. The van der Waals surface area contributed by atoms with Crippen LogP contribution >= 0.6 is 0 Å². The summed E-state index contributed by atoms with van der Waals surface area (Å²) in [6, 6.07) is 23.9. The average Bonchev–Trinajstić information content (AvgIpc) is 3.63. The number of hydrogen-bond acceptors (Lipinski definition) is 10. The SMILES string of the molecule is CCc1ccncc1-c1c2c3cc(ccc3n1CC)-c1cccc(c1)C[C@H](NC(=O)[C@H](C(C)C)N(C)C(=O)CC(C)(C)N=C=Nc1ccc(OC)cc1)C(=O)N1CCC[C@H](N1)C(=O)OCC(C)(C)C2. The Morgan fingerprint density at radius 3 is 2.52 bits per heavy atom. The highest BCUT2D eigenvalue weighted by molar-refractivity contribution is 5.96. The van der Waals surface area contributed by atoms with Gasteiger partial charge in [0.2, 0.25) is 11.8 Å². The number of aromatic nitrogens is 2. The van der Waals surface area contributed by atoms with Gasteiger partial charge in [0.1, 0.15) is 23.9 Å². The fourth-order valence-corrected chi connectivity index (χ4v) is 9.62. The number of hydrogen-bond donors (Lipinski definition) is 2. The zero-order chi connectivity index (χ0) is 49.6. The Balaban J connectivity index is 1.22. The Bertz CT molecular complexity index is 2750. The van der Waals surface area contributed by atoms with E-state index in [-0.39, 0.29) is 31.3 Å². The number of methoxy groups -OCH3 is 1. The number of nitrogens with one attached hydrogen (secondary N) is 2. The summed E-state index contributed by atoms with van der Waals surface area (Å²) >= 11 is 0. The molecule has 1 fully saturated rings. The van der Waals surface area contributed by atoms with E-state index < -0.39 is 46.9 Å². The lowest BCUT2D eigenvalue weighted by Crippen LogP contribution is -2.62. The van der Waals surface area contributed by atoms with Crippen LogP contribution in [0.1, 0.15) is 91.3 Å². The van der Waals surface area contributed by atoms with Gasteiger partial charge < -0.3 is 24.3 Å². The van der Waals surface area contributed by atoms with E-state index in [1.807, 2.05) is 52.2 Å². The van der Waals surface area contributed by atoms with Crippen molar-refractivity contribution in [2.24, 2.45) is 21.3 Å². The largest absolute Gasteiger partial charge is 0.497 e. The van der Waals surface area contributed by atoms with Crippen molar-refractivity contribution in [2.45, 2.75) is 124 Å². The third kappa shape index (κ3) is 11.6. The number of carbonyl (C=O) groups is 4. The van der Waals surface area contributed by atoms with Crippen LogP contribution in [0, 0.1) is 11.3 Å². The van der Waals surface area contributed by atoms with Crippen molar-refractivity contribution in [1.29, 1.82) is 0 Å². The average molecular weight is 937 g/mol. The molecule has 2 aliphatic heterocycles. The first kappa shape index (κ1) is 50.3. The van der Waals surface area contributed by atoms with Gasteiger partial charge >= 0.3 is 5.97 Å². The first-order valence-electron chi connectivity index (χ1n) is 24.2. The lowest BCUT2D eigenvalue weighted by molar-refractivity contribution is -0.155. The molecule has 14 heteroatoms. The van der Waals surface area contributed by atoms with E-state index in [0.29, 0.717) is 37.2 Å². The maximum Gasteiger partial charge on any atom is 0.324 e. The lowest BCUT2D eigenvalue weighted by atomic mass is 9.84. The monoisotopic (exact) mass is 937 g/mol. The predicted molar refractivity (Wildman–Crippen MR) is 270 cm³/mol. The smallest absolute Gasteiger partial charge is 0.324 e. The van der Waals surface area contributed by atoms with Crippen LogP contribution in [-0.2, 0) is 49.7 Å². The van der Waals surface area contributed by atoms with Gasteiger partial charge in [-0.1, -0.05) is 65.0 Å². The number of aliphatic imine (C=N–C) groups is 2. The minimum atomic E-state index is -1.05. The highest BCUT2D eigenvalue weighted by Crippen LogP contribution is 2.41. The number of amides is 3. The van der Waals surface area contributed by atoms with Crippen molar-refractivity contribution in [2.75, 3.05) is 27.3 Å². The third-order valence-corrected chi connectivity index (χ3v) is 13.2. The van der Waals surface area contributed by atoms with Crippen molar-refractivity contribution in [3.8, 4) is 28.1 Å². The second-order valence-corrected chi connectivity index (χ2v) is 20.1. The van der Waals surface area contributed by atoms with Crippen molar-refractivity contribution >= 4 is 46.3 Å². The predicted octanol–water partition coefficient (Wildman–Crippen LogP) is 8.77. The number of likely N-dealkylation sites (N-methyl/N-ethyl adjacent to an activating group) is 1. The van der Waals surface area contributed by atoms with E-state index in [1.54, 1.807) is 38.4 Å². The number of esters is 1. The standard InChI is InChI=1S/C55H68N8O6/c1-11-37-24-25-56-32-44(37)50-43-30-54(5,6)33-69-53(67)45-17-14-26-63(60-45)52(66)46(28-36-15-13-16-38(27-36)39-18-23-47(42(43)29-39)62(50)12-2)59-51(65)49(35(3)4)61(9)48(64)31-55(7,8)58-34-57-40-19-21-41(68-10)22-20-40/h13,15-16,18-25,27,29,32,35,45-46,49,60H,11-12,14,17,26,28,30-31,33H2,1-10H3,(H,59,65)/t45-,46-,49-/m0/s1. The Kier molecular flexibility index (Phi) is 15.5. The van der Waals surface area contributed by atoms with E-state index >= 15 is 0 Å². The summed E-state index contributed by atoms with van der Waals surface area (Å²) in [7, 11) is 3.20. The molecule has 2 aromatic heterocycles. The fraction of sp³-hybridized carbons (Fsp3) is 0.455. The zero-order valence-corrected chi connectivity index (χ0v) is 41.9. The summed E-state index contributed by atoms with van der Waals surface area (Å²) < 4.78 is 13.7. The summed E-state index contributed by atoms with van der Waals surface area (Å²) in [5, 5.41) is 5.64. The summed E-state index contributed by atoms with van der Waals surface area (Å²) in [5.41, 5.74) is 11.0. The molecule has 5 aromatic rings. The molecule has 0 spiro atoms. The Morgan fingerprint density at radius 1 is 1.06 bits per heavy atom. The van der Waals surface area contributed by atoms with Crippen LogP contribution in [0.2, 0.25) is 0 Å². The Labute approximate surface area is 406 Å². The first-order chi connectivity index (χ1) is 32.9. The quantitative estimate of drug-likeness (QED) is 0.0928. The molecule has 0 saturated carbocycles. The number of benzene rings is 3. The number of nitrogens with zero attached hydrogens (tertiary/aromatic N) is 6. The highest BCUT2D eigenvalue weighted by Gasteiger charge is 2.38. The number of hydrazine groups is 1. The van der Waals surface area contributed by atoms with Crippen LogP contribution in [0.15, 0.2) is 95.2 Å². The molecular formula is C55H68N8O6. The van der Waals surface area contributed by atoms with Crippen molar-refractivity contribution in [1.82, 2.24) is 30.2 Å². The molecule has 0 aliphatic carbocycles. The molecule has 364 valence electrons. The highest BCUT2D eigenvalue weighted by atomic mass is 16.5. The summed E-state index contributed by atoms with van der Waals surface area (Å²) in [6.45, 7) is 17.2. The Morgan fingerprint density at radius 2 is 1.81 bits per heavy atom. The lowest BCUT2D eigenvalue weighted by Gasteiger charge is -2.37. The molecule has 1 saturated heterocycles. The third-order valence-electron chi connectivity index (χ3n) is 13.2. The maximum absolute atomic E-state index is 14.8. The molecule has 3 amide bonds. The number of pyridine rings is 1. The van der Waals surface area contributed by atoms with Gasteiger partial charge in [0.05, 0.1) is 43.1 Å². The maximum atomic E-state index is 14.8. The molecule has 14 nitrogen and oxygen atoms in total. The van der Waals surface area contributed by atoms with Gasteiger partial charge in [0.15, 0.2) is 0 Å². The van der Waals surface area contributed by atoms with Crippen molar-refractivity contribution in [3.63, 3.8) is 0 Å². The second-order valence-electron chi connectivity index (χ2n) is 20.1. The second kappa shape index (κ2) is 21.3. The van der Waals surface area contributed by atoms with E-state index in [1.165, 1.54) is 21.0 Å². The molecule has 0 unspecified atom stereocenters. The van der Waals surface area contributed by atoms with Crippen LogP contribution in [0.5, 0.6) is 5.75 Å². The van der Waals surface area contributed by atoms with Crippen LogP contribution < -0.4 is 15.5 Å². The van der Waals surface area contributed by atoms with Crippen LogP contribution in [-0.4, -0.2) is 100 Å². The molecular weight excluding hydrogens is 869 g/mol. The van der Waals surface area contributed by atoms with Gasteiger partial charge in [0, 0.05) is 60.8 Å². The molecule has 0 radical (unpaired) electrons. The first-order valence-corrected chi connectivity index (χ1v) is 24.2. The topological polar surface area (TPSA) is 160 Å². The van der Waals surface area contributed by atoms with Gasteiger partial charge in [-0.3, -0.25) is 29.2 Å².